The van der Waals surface area contributed by atoms with Crippen molar-refractivity contribution in [2.24, 2.45) is 0 Å². The van der Waals surface area contributed by atoms with Crippen LogP contribution < -0.4 is 10.2 Å². The number of aromatic nitrogens is 3. The number of aryl methyl sites for hydroxylation is 1. The van der Waals surface area contributed by atoms with Gasteiger partial charge in [0.15, 0.2) is 0 Å². The minimum atomic E-state index is -4.72. The third-order valence-electron chi connectivity index (χ3n) is 4.07. The van der Waals surface area contributed by atoms with E-state index in [1.807, 2.05) is 31.0 Å². The largest absolute Gasteiger partial charge is 0.471 e. The van der Waals surface area contributed by atoms with Gasteiger partial charge in [0.2, 0.25) is 5.82 Å². The molecular weight excluding hydrogens is 387 g/mol. The predicted molar refractivity (Wildman–Crippen MR) is 99.3 cm³/mol. The average Bonchev–Trinajstić information content (AvgIpc) is 3.19. The summed E-state index contributed by atoms with van der Waals surface area (Å²) >= 11 is 0. The number of anilines is 1. The van der Waals surface area contributed by atoms with Gasteiger partial charge >= 0.3 is 12.1 Å². The quantitative estimate of drug-likeness (QED) is 0.677. The second-order valence-electron chi connectivity index (χ2n) is 6.37. The van der Waals surface area contributed by atoms with Crippen LogP contribution in [-0.2, 0) is 6.18 Å². The van der Waals surface area contributed by atoms with Crippen LogP contribution in [0, 0.1) is 6.92 Å². The lowest BCUT2D eigenvalue weighted by Crippen LogP contribution is -2.33. The first-order valence-electron chi connectivity index (χ1n) is 8.67. The first-order valence-corrected chi connectivity index (χ1v) is 8.67. The van der Waals surface area contributed by atoms with E-state index in [1.165, 1.54) is 18.2 Å². The molecule has 0 radical (unpaired) electrons. The topological polar surface area (TPSA) is 84.2 Å². The minimum Gasteiger partial charge on any atom is -0.358 e. The molecule has 0 aliphatic rings. The van der Waals surface area contributed by atoms with Gasteiger partial charge in [0.05, 0.1) is 0 Å². The molecule has 0 aliphatic carbocycles. The Bertz CT molecular complexity index is 986. The van der Waals surface area contributed by atoms with Gasteiger partial charge in [-0.2, -0.15) is 18.2 Å². The number of halogens is 3. The molecule has 2 heterocycles. The van der Waals surface area contributed by atoms with Crippen molar-refractivity contribution in [3.63, 3.8) is 0 Å². The number of carbonyl (C=O) groups is 1. The summed E-state index contributed by atoms with van der Waals surface area (Å²) in [6.07, 6.45) is -2.96. The van der Waals surface area contributed by atoms with Gasteiger partial charge < -0.3 is 14.7 Å². The van der Waals surface area contributed by atoms with Crippen molar-refractivity contribution in [3.05, 3.63) is 59.6 Å². The predicted octanol–water partition coefficient (Wildman–Crippen LogP) is 3.33. The molecule has 152 valence electrons. The highest BCUT2D eigenvalue weighted by Crippen LogP contribution is 2.29. The molecule has 3 rings (SSSR count). The monoisotopic (exact) mass is 405 g/mol. The van der Waals surface area contributed by atoms with Crippen LogP contribution in [0.5, 0.6) is 0 Å². The number of likely N-dealkylation sites (N-methyl/N-ethyl adjacent to an activating group) is 1. The van der Waals surface area contributed by atoms with Gasteiger partial charge in [0.25, 0.3) is 5.91 Å². The van der Waals surface area contributed by atoms with E-state index in [-0.39, 0.29) is 22.9 Å². The average molecular weight is 405 g/mol. The fraction of sp³-hybridized carbons (Fsp3) is 0.263. The number of nitrogens with zero attached hydrogens (tertiary/aromatic N) is 4. The molecule has 3 aromatic rings. The van der Waals surface area contributed by atoms with Crippen LogP contribution in [0.1, 0.15) is 21.8 Å². The zero-order valence-electron chi connectivity index (χ0n) is 15.7. The van der Waals surface area contributed by atoms with Crippen molar-refractivity contribution >= 4 is 11.7 Å². The van der Waals surface area contributed by atoms with Crippen LogP contribution in [0.15, 0.2) is 47.1 Å². The molecule has 0 spiro atoms. The molecule has 1 N–H and O–H groups in total. The Hall–Kier alpha value is -3.43. The van der Waals surface area contributed by atoms with Gasteiger partial charge in [-0.25, -0.2) is 4.98 Å². The molecule has 1 aromatic carbocycles. The molecule has 0 atom stereocenters. The van der Waals surface area contributed by atoms with E-state index in [1.54, 1.807) is 12.3 Å². The Morgan fingerprint density at radius 3 is 2.69 bits per heavy atom. The standard InChI is InChI=1S/C19H18F3N5O2/c1-12-6-7-15(24-11-12)27(2)9-8-23-17(28)14-5-3-4-13(10-14)16-25-18(29-26-16)19(20,21)22/h3-7,10-11H,8-9H2,1-2H3,(H,23,28). The first kappa shape index (κ1) is 20.3. The summed E-state index contributed by atoms with van der Waals surface area (Å²) in [5, 5.41) is 6.09. The highest BCUT2D eigenvalue weighted by atomic mass is 19.4. The highest BCUT2D eigenvalue weighted by molar-refractivity contribution is 5.95. The molecule has 1 amide bonds. The number of amides is 1. The summed E-state index contributed by atoms with van der Waals surface area (Å²) in [4.78, 5) is 21.9. The van der Waals surface area contributed by atoms with E-state index >= 15 is 0 Å². The molecule has 0 bridgehead atoms. The van der Waals surface area contributed by atoms with Crippen molar-refractivity contribution in [1.82, 2.24) is 20.4 Å². The lowest BCUT2D eigenvalue weighted by Gasteiger charge is -2.18. The molecule has 0 saturated carbocycles. The molecular formula is C19H18F3N5O2. The summed E-state index contributed by atoms with van der Waals surface area (Å²) in [5.41, 5.74) is 1.58. The van der Waals surface area contributed by atoms with E-state index in [0.717, 1.165) is 11.4 Å². The second kappa shape index (κ2) is 8.29. The molecule has 7 nitrogen and oxygen atoms in total. The molecule has 0 fully saturated rings. The van der Waals surface area contributed by atoms with Gasteiger partial charge in [-0.15, -0.1) is 0 Å². The van der Waals surface area contributed by atoms with E-state index in [0.29, 0.717) is 13.1 Å². The van der Waals surface area contributed by atoms with Crippen molar-refractivity contribution in [1.29, 1.82) is 0 Å². The fourth-order valence-electron chi connectivity index (χ4n) is 2.49. The van der Waals surface area contributed by atoms with Crippen LogP contribution in [-0.4, -0.2) is 41.2 Å². The second-order valence-corrected chi connectivity index (χ2v) is 6.37. The molecule has 29 heavy (non-hydrogen) atoms. The van der Waals surface area contributed by atoms with Crippen molar-refractivity contribution in [2.75, 3.05) is 25.0 Å². The summed E-state index contributed by atoms with van der Waals surface area (Å²) in [7, 11) is 1.86. The Kier molecular flexibility index (Phi) is 5.81. The number of pyridine rings is 1. The first-order chi connectivity index (χ1) is 13.7. The van der Waals surface area contributed by atoms with E-state index in [2.05, 4.69) is 25.0 Å². The normalized spacial score (nSPS) is 11.3. The molecule has 0 saturated heterocycles. The van der Waals surface area contributed by atoms with Gasteiger partial charge in [0.1, 0.15) is 5.82 Å². The fourth-order valence-corrected chi connectivity index (χ4v) is 2.49. The lowest BCUT2D eigenvalue weighted by molar-refractivity contribution is -0.159. The van der Waals surface area contributed by atoms with Crippen LogP contribution in [0.3, 0.4) is 0 Å². The lowest BCUT2D eigenvalue weighted by atomic mass is 10.1. The molecule has 10 heteroatoms. The summed E-state index contributed by atoms with van der Waals surface area (Å²) < 4.78 is 42.0. The van der Waals surface area contributed by atoms with Crippen LogP contribution >= 0.6 is 0 Å². The Balaban J connectivity index is 1.61. The number of alkyl halides is 3. The van der Waals surface area contributed by atoms with Gasteiger partial charge in [-0.3, -0.25) is 4.79 Å². The van der Waals surface area contributed by atoms with Gasteiger partial charge in [-0.05, 0) is 30.7 Å². The summed E-state index contributed by atoms with van der Waals surface area (Å²) in [6.45, 7) is 2.83. The van der Waals surface area contributed by atoms with Crippen LogP contribution in [0.25, 0.3) is 11.4 Å². The maximum absolute atomic E-state index is 12.6. The zero-order chi connectivity index (χ0) is 21.0. The van der Waals surface area contributed by atoms with E-state index in [9.17, 15) is 18.0 Å². The number of benzene rings is 1. The number of hydrogen-bond donors (Lipinski definition) is 1. The number of hydrogen-bond acceptors (Lipinski definition) is 6. The molecule has 2 aromatic heterocycles. The third-order valence-corrected chi connectivity index (χ3v) is 4.07. The third kappa shape index (κ3) is 5.09. The van der Waals surface area contributed by atoms with E-state index in [4.69, 9.17) is 0 Å². The minimum absolute atomic E-state index is 0.239. The van der Waals surface area contributed by atoms with Crippen molar-refractivity contribution in [2.45, 2.75) is 13.1 Å². The smallest absolute Gasteiger partial charge is 0.358 e. The Labute approximate surface area is 164 Å². The Morgan fingerprint density at radius 1 is 1.24 bits per heavy atom. The summed E-state index contributed by atoms with van der Waals surface area (Å²) in [6, 6.07) is 9.83. The summed E-state index contributed by atoms with van der Waals surface area (Å²) in [5.74, 6) is -1.26. The van der Waals surface area contributed by atoms with E-state index < -0.39 is 12.1 Å². The SMILES string of the molecule is Cc1ccc(N(C)CCNC(=O)c2cccc(-c3noc(C(F)(F)F)n3)c2)nc1. The maximum Gasteiger partial charge on any atom is 0.471 e. The maximum atomic E-state index is 12.6. The highest BCUT2D eigenvalue weighted by Gasteiger charge is 2.38. The molecule has 0 unspecified atom stereocenters. The zero-order valence-corrected chi connectivity index (χ0v) is 15.7. The number of rotatable bonds is 6. The van der Waals surface area contributed by atoms with Gasteiger partial charge in [0, 0.05) is 37.5 Å². The van der Waals surface area contributed by atoms with Crippen LogP contribution in [0.2, 0.25) is 0 Å². The van der Waals surface area contributed by atoms with Gasteiger partial charge in [-0.1, -0.05) is 23.4 Å². The number of nitrogens with one attached hydrogen (secondary N) is 1. The van der Waals surface area contributed by atoms with Crippen molar-refractivity contribution < 1.29 is 22.5 Å². The Morgan fingerprint density at radius 2 is 2.03 bits per heavy atom. The number of carbonyl (C=O) groups excluding carboxylic acids is 1. The van der Waals surface area contributed by atoms with Crippen molar-refractivity contribution in [3.8, 4) is 11.4 Å². The molecule has 0 aliphatic heterocycles. The van der Waals surface area contributed by atoms with Crippen LogP contribution in [0.4, 0.5) is 19.0 Å².